The van der Waals surface area contributed by atoms with Crippen molar-refractivity contribution in [3.8, 4) is 5.75 Å². The van der Waals surface area contributed by atoms with E-state index in [9.17, 15) is 8.42 Å². The number of halogens is 1. The van der Waals surface area contributed by atoms with Crippen molar-refractivity contribution in [2.45, 2.75) is 11.8 Å². The number of morpholine rings is 1. The molecule has 1 aromatic rings. The molecule has 1 aromatic carbocycles. The number of hydrogen-bond acceptors (Lipinski definition) is 4. The molecule has 1 aliphatic rings. The second-order valence-electron chi connectivity index (χ2n) is 4.27. The van der Waals surface area contributed by atoms with Gasteiger partial charge in [0.2, 0.25) is 10.0 Å². The van der Waals surface area contributed by atoms with Gasteiger partial charge in [-0.15, -0.1) is 0 Å². The molecule has 5 nitrogen and oxygen atoms in total. The highest BCUT2D eigenvalue weighted by Gasteiger charge is 2.29. The van der Waals surface area contributed by atoms with Crippen molar-refractivity contribution in [2.24, 2.45) is 0 Å². The van der Waals surface area contributed by atoms with Crippen molar-refractivity contribution < 1.29 is 17.9 Å². The fourth-order valence-corrected chi connectivity index (χ4v) is 3.72. The summed E-state index contributed by atoms with van der Waals surface area (Å²) < 4.78 is 36.8. The highest BCUT2D eigenvalue weighted by molar-refractivity contribution is 7.89. The van der Waals surface area contributed by atoms with Crippen molar-refractivity contribution in [3.05, 3.63) is 22.7 Å². The normalized spacial score (nSPS) is 17.4. The van der Waals surface area contributed by atoms with Crippen molar-refractivity contribution in [1.29, 1.82) is 0 Å². The third-order valence-electron chi connectivity index (χ3n) is 3.03. The van der Waals surface area contributed by atoms with Crippen molar-refractivity contribution in [2.75, 3.05) is 33.4 Å². The van der Waals surface area contributed by atoms with E-state index < -0.39 is 10.0 Å². The van der Waals surface area contributed by atoms with Gasteiger partial charge in [0, 0.05) is 18.1 Å². The fraction of sp³-hybridized carbons (Fsp3) is 0.500. The molecule has 0 aliphatic carbocycles. The monoisotopic (exact) mass is 305 g/mol. The lowest BCUT2D eigenvalue weighted by Gasteiger charge is -2.26. The maximum Gasteiger partial charge on any atom is 0.246 e. The first-order chi connectivity index (χ1) is 8.96. The molecule has 0 N–H and O–H groups in total. The Kier molecular flexibility index (Phi) is 4.35. The molecule has 0 aromatic heterocycles. The zero-order chi connectivity index (χ0) is 14.0. The number of benzene rings is 1. The van der Waals surface area contributed by atoms with Crippen molar-refractivity contribution in [1.82, 2.24) is 4.31 Å². The van der Waals surface area contributed by atoms with Crippen LogP contribution in [-0.4, -0.2) is 46.1 Å². The molecule has 2 rings (SSSR count). The lowest BCUT2D eigenvalue weighted by atomic mass is 10.2. The van der Waals surface area contributed by atoms with Crippen LogP contribution >= 0.6 is 11.6 Å². The molecule has 0 radical (unpaired) electrons. The van der Waals surface area contributed by atoms with Gasteiger partial charge in [-0.1, -0.05) is 11.6 Å². The minimum absolute atomic E-state index is 0.104. The molecule has 1 heterocycles. The molecule has 1 fully saturated rings. The number of aryl methyl sites for hydroxylation is 1. The van der Waals surface area contributed by atoms with Gasteiger partial charge in [0.05, 0.1) is 20.3 Å². The number of hydrogen-bond donors (Lipinski definition) is 0. The van der Waals surface area contributed by atoms with E-state index >= 15 is 0 Å². The average Bonchev–Trinajstić information content (AvgIpc) is 2.42. The van der Waals surface area contributed by atoms with Gasteiger partial charge < -0.3 is 9.47 Å². The lowest BCUT2D eigenvalue weighted by molar-refractivity contribution is 0.0729. The van der Waals surface area contributed by atoms with E-state index in [2.05, 4.69) is 0 Å². The van der Waals surface area contributed by atoms with Crippen LogP contribution in [0, 0.1) is 6.92 Å². The highest BCUT2D eigenvalue weighted by atomic mass is 35.5. The molecule has 0 atom stereocenters. The summed E-state index contributed by atoms with van der Waals surface area (Å²) in [5.41, 5.74) is 0.777. The summed E-state index contributed by atoms with van der Waals surface area (Å²) in [4.78, 5) is 0.104. The van der Waals surface area contributed by atoms with Gasteiger partial charge in [0.25, 0.3) is 0 Å². The van der Waals surface area contributed by atoms with Gasteiger partial charge in [0.15, 0.2) is 0 Å². The molecule has 19 heavy (non-hydrogen) atoms. The molecule has 0 amide bonds. The van der Waals surface area contributed by atoms with Gasteiger partial charge in [-0.25, -0.2) is 8.42 Å². The Morgan fingerprint density at radius 1 is 1.32 bits per heavy atom. The zero-order valence-electron chi connectivity index (χ0n) is 10.8. The van der Waals surface area contributed by atoms with Gasteiger partial charge >= 0.3 is 0 Å². The van der Waals surface area contributed by atoms with Crippen LogP contribution in [0.4, 0.5) is 0 Å². The molecule has 1 aliphatic heterocycles. The predicted molar refractivity (Wildman–Crippen MR) is 72.3 cm³/mol. The third-order valence-corrected chi connectivity index (χ3v) is 5.36. The van der Waals surface area contributed by atoms with E-state index in [1.165, 1.54) is 17.5 Å². The fourth-order valence-electron chi connectivity index (χ4n) is 1.92. The smallest absolute Gasteiger partial charge is 0.246 e. The van der Waals surface area contributed by atoms with Crippen LogP contribution < -0.4 is 4.74 Å². The van der Waals surface area contributed by atoms with Crippen molar-refractivity contribution >= 4 is 21.6 Å². The summed E-state index contributed by atoms with van der Waals surface area (Å²) >= 11 is 6.02. The molecule has 0 unspecified atom stereocenters. The van der Waals surface area contributed by atoms with Crippen LogP contribution in [-0.2, 0) is 14.8 Å². The third kappa shape index (κ3) is 2.86. The van der Waals surface area contributed by atoms with E-state index in [4.69, 9.17) is 21.1 Å². The van der Waals surface area contributed by atoms with E-state index in [0.29, 0.717) is 37.1 Å². The summed E-state index contributed by atoms with van der Waals surface area (Å²) in [6.07, 6.45) is 0. The summed E-state index contributed by atoms with van der Waals surface area (Å²) in [6.45, 7) is 3.30. The first-order valence-electron chi connectivity index (χ1n) is 5.89. The first kappa shape index (κ1) is 14.6. The Labute approximate surface area is 118 Å². The number of rotatable bonds is 3. The highest BCUT2D eigenvalue weighted by Crippen LogP contribution is 2.32. The van der Waals surface area contributed by atoms with Gasteiger partial charge in [0.1, 0.15) is 10.6 Å². The van der Waals surface area contributed by atoms with Crippen LogP contribution in [0.5, 0.6) is 5.75 Å². The Balaban J connectivity index is 2.47. The second kappa shape index (κ2) is 5.66. The van der Waals surface area contributed by atoms with Crippen molar-refractivity contribution in [3.63, 3.8) is 0 Å². The van der Waals surface area contributed by atoms with Gasteiger partial charge in [-0.05, 0) is 24.6 Å². The van der Waals surface area contributed by atoms with E-state index in [1.807, 2.05) is 0 Å². The van der Waals surface area contributed by atoms with Gasteiger partial charge in [-0.2, -0.15) is 4.31 Å². The largest absolute Gasteiger partial charge is 0.495 e. The van der Waals surface area contributed by atoms with Crippen LogP contribution in [0.1, 0.15) is 5.56 Å². The second-order valence-corrected chi connectivity index (χ2v) is 6.58. The Morgan fingerprint density at radius 2 is 1.95 bits per heavy atom. The average molecular weight is 306 g/mol. The number of nitrogens with zero attached hydrogens (tertiary/aromatic N) is 1. The SMILES string of the molecule is COc1cc(C)c(Cl)cc1S(=O)(=O)N1CCOCC1. The van der Waals surface area contributed by atoms with E-state index in [-0.39, 0.29) is 4.90 Å². The summed E-state index contributed by atoms with van der Waals surface area (Å²) in [7, 11) is -2.15. The minimum atomic E-state index is -3.60. The quantitative estimate of drug-likeness (QED) is 0.852. The number of methoxy groups -OCH3 is 1. The van der Waals surface area contributed by atoms with Crippen LogP contribution in [0.15, 0.2) is 17.0 Å². The minimum Gasteiger partial charge on any atom is -0.495 e. The maximum absolute atomic E-state index is 12.6. The molecule has 0 spiro atoms. The Morgan fingerprint density at radius 3 is 2.53 bits per heavy atom. The Bertz CT molecular complexity index is 567. The lowest BCUT2D eigenvalue weighted by Crippen LogP contribution is -2.40. The molecular weight excluding hydrogens is 290 g/mol. The predicted octanol–water partition coefficient (Wildman–Crippen LogP) is 1.68. The molecule has 1 saturated heterocycles. The molecular formula is C12H16ClNO4S. The standard InChI is InChI=1S/C12H16ClNO4S/c1-9-7-11(17-2)12(8-10(9)13)19(15,16)14-3-5-18-6-4-14/h7-8H,3-6H2,1-2H3. The van der Waals surface area contributed by atoms with E-state index in [0.717, 1.165) is 5.56 Å². The number of sulfonamides is 1. The molecule has 0 bridgehead atoms. The van der Waals surface area contributed by atoms with Crippen LogP contribution in [0.2, 0.25) is 5.02 Å². The van der Waals surface area contributed by atoms with Gasteiger partial charge in [-0.3, -0.25) is 0 Å². The van der Waals surface area contributed by atoms with Crippen LogP contribution in [0.3, 0.4) is 0 Å². The summed E-state index contributed by atoms with van der Waals surface area (Å²) in [5, 5.41) is 0.410. The maximum atomic E-state index is 12.6. The molecule has 106 valence electrons. The first-order valence-corrected chi connectivity index (χ1v) is 7.70. The topological polar surface area (TPSA) is 55.8 Å². The number of ether oxygens (including phenoxy) is 2. The molecule has 7 heteroatoms. The van der Waals surface area contributed by atoms with E-state index in [1.54, 1.807) is 13.0 Å². The Hall–Kier alpha value is -0.820. The zero-order valence-corrected chi connectivity index (χ0v) is 12.4. The summed E-state index contributed by atoms with van der Waals surface area (Å²) in [5.74, 6) is 0.313. The summed E-state index contributed by atoms with van der Waals surface area (Å²) in [6, 6.07) is 3.08. The van der Waals surface area contributed by atoms with Crippen LogP contribution in [0.25, 0.3) is 0 Å². The molecule has 0 saturated carbocycles.